The smallest absolute Gasteiger partial charge is 0.270 e. The predicted octanol–water partition coefficient (Wildman–Crippen LogP) is 6.54. The zero-order chi connectivity index (χ0) is 30.7. The van der Waals surface area contributed by atoms with Crippen molar-refractivity contribution in [3.8, 4) is 0 Å². The Morgan fingerprint density at radius 2 is 1.77 bits per heavy atom. The number of Topliss-reactive ketones (excluding diaryl/α,β-unsaturated/α-hetero) is 1. The van der Waals surface area contributed by atoms with Gasteiger partial charge in [0, 0.05) is 50.4 Å². The molecule has 6 nitrogen and oxygen atoms in total. The van der Waals surface area contributed by atoms with Gasteiger partial charge in [-0.05, 0) is 55.7 Å². The van der Waals surface area contributed by atoms with E-state index in [2.05, 4.69) is 11.9 Å². The summed E-state index contributed by atoms with van der Waals surface area (Å²) in [5, 5.41) is 2.78. The van der Waals surface area contributed by atoms with Gasteiger partial charge in [-0.3, -0.25) is 9.59 Å². The minimum absolute atomic E-state index is 0.0245. The number of ketones is 1. The Bertz CT molecular complexity index is 1160. The lowest BCUT2D eigenvalue weighted by Gasteiger charge is -2.37. The Labute approximate surface area is 239 Å². The molecule has 8 heteroatoms. The average molecular weight is 560 g/mol. The van der Waals surface area contributed by atoms with Crippen LogP contribution >= 0.6 is 0 Å². The molecule has 2 aliphatic heterocycles. The van der Waals surface area contributed by atoms with Crippen molar-refractivity contribution in [2.45, 2.75) is 81.2 Å². The molecule has 222 valence electrons. The van der Waals surface area contributed by atoms with Crippen LogP contribution in [0.25, 0.3) is 0 Å². The molecular weight excluding hydrogens is 512 g/mol. The first kappa shape index (κ1) is 34.7. The summed E-state index contributed by atoms with van der Waals surface area (Å²) in [7, 11) is 1.77. The highest BCUT2D eigenvalue weighted by Crippen LogP contribution is 2.45. The largest absolute Gasteiger partial charge is 0.348 e. The van der Waals surface area contributed by atoms with Crippen LogP contribution in [0.2, 0.25) is 0 Å². The minimum atomic E-state index is -0.707. The number of benzene rings is 1. The van der Waals surface area contributed by atoms with E-state index in [4.69, 9.17) is 0 Å². The molecule has 1 fully saturated rings. The van der Waals surface area contributed by atoms with E-state index >= 15 is 0 Å². The maximum Gasteiger partial charge on any atom is 0.270 e. The second-order valence-corrected chi connectivity index (χ2v) is 9.95. The molecule has 40 heavy (non-hydrogen) atoms. The van der Waals surface area contributed by atoms with Crippen LogP contribution in [-0.4, -0.2) is 47.5 Å². The first-order valence-electron chi connectivity index (χ1n) is 14.3. The maximum atomic E-state index is 14.1. The maximum absolute atomic E-state index is 14.1. The fourth-order valence-corrected chi connectivity index (χ4v) is 4.51. The monoisotopic (exact) mass is 559 g/mol. The number of fused-ring (bicyclic) bond motifs is 1. The van der Waals surface area contributed by atoms with E-state index in [9.17, 15) is 23.2 Å². The fraction of sp³-hybridized carbons (Fsp3) is 0.531. The van der Waals surface area contributed by atoms with Gasteiger partial charge in [-0.25, -0.2) is 8.78 Å². The van der Waals surface area contributed by atoms with Crippen molar-refractivity contribution in [1.82, 2.24) is 15.1 Å². The van der Waals surface area contributed by atoms with Crippen LogP contribution in [0.3, 0.4) is 0 Å². The molecule has 2 unspecified atom stereocenters. The van der Waals surface area contributed by atoms with Crippen LogP contribution < -0.4 is 5.32 Å². The van der Waals surface area contributed by atoms with Gasteiger partial charge in [0.2, 0.25) is 0 Å². The zero-order valence-corrected chi connectivity index (χ0v) is 25.7. The molecule has 0 radical (unpaired) electrons. The van der Waals surface area contributed by atoms with Gasteiger partial charge in [-0.1, -0.05) is 54.2 Å². The molecule has 0 spiro atoms. The highest BCUT2D eigenvalue weighted by Gasteiger charge is 2.42. The lowest BCUT2D eigenvalue weighted by Crippen LogP contribution is -2.41. The van der Waals surface area contributed by atoms with E-state index in [0.717, 1.165) is 30.2 Å². The molecule has 0 saturated carbocycles. The predicted molar refractivity (Wildman–Crippen MR) is 157 cm³/mol. The van der Waals surface area contributed by atoms with Crippen LogP contribution in [0.4, 0.5) is 8.78 Å². The summed E-state index contributed by atoms with van der Waals surface area (Å²) in [6.07, 6.45) is 2.27. The van der Waals surface area contributed by atoms with Gasteiger partial charge in [0.15, 0.2) is 0 Å². The first-order valence-corrected chi connectivity index (χ1v) is 14.3. The number of hydrogen-bond acceptors (Lipinski definition) is 4. The summed E-state index contributed by atoms with van der Waals surface area (Å²) in [6, 6.07) is 3.29. The summed E-state index contributed by atoms with van der Waals surface area (Å²) >= 11 is 0. The fourth-order valence-electron chi connectivity index (χ4n) is 4.51. The summed E-state index contributed by atoms with van der Waals surface area (Å²) in [4.78, 5) is 40.3. The van der Waals surface area contributed by atoms with E-state index in [1.54, 1.807) is 18.9 Å². The van der Waals surface area contributed by atoms with Gasteiger partial charge in [0.25, 0.3) is 11.8 Å². The number of hydrogen-bond donors (Lipinski definition) is 1. The molecule has 1 N–H and O–H groups in total. The van der Waals surface area contributed by atoms with Crippen LogP contribution in [0.15, 0.2) is 52.9 Å². The second-order valence-electron chi connectivity index (χ2n) is 9.95. The van der Waals surface area contributed by atoms with Gasteiger partial charge in [0.1, 0.15) is 23.1 Å². The zero-order valence-electron chi connectivity index (χ0n) is 25.7. The van der Waals surface area contributed by atoms with Crippen molar-refractivity contribution in [3.63, 3.8) is 0 Å². The highest BCUT2D eigenvalue weighted by molar-refractivity contribution is 6.04. The van der Waals surface area contributed by atoms with E-state index in [1.165, 1.54) is 12.1 Å². The molecule has 2 aliphatic rings. The number of halogens is 2. The Balaban J connectivity index is 0.00000103. The number of nitrogens with zero attached hydrogens (tertiary/aromatic N) is 2. The van der Waals surface area contributed by atoms with E-state index in [-0.39, 0.29) is 41.5 Å². The van der Waals surface area contributed by atoms with Crippen molar-refractivity contribution >= 4 is 17.6 Å². The van der Waals surface area contributed by atoms with Gasteiger partial charge in [-0.15, -0.1) is 0 Å². The van der Waals surface area contributed by atoms with E-state index in [0.29, 0.717) is 36.4 Å². The summed E-state index contributed by atoms with van der Waals surface area (Å²) in [5.74, 6) is -1.47. The van der Waals surface area contributed by atoms with Crippen molar-refractivity contribution in [3.05, 3.63) is 70.1 Å². The number of allylic oxidation sites excluding steroid dienone is 2. The molecule has 1 saturated heterocycles. The van der Waals surface area contributed by atoms with Crippen molar-refractivity contribution in [2.75, 3.05) is 20.1 Å². The van der Waals surface area contributed by atoms with Crippen molar-refractivity contribution in [1.29, 1.82) is 0 Å². The molecule has 2 amide bonds. The molecule has 3 rings (SSSR count). The summed E-state index contributed by atoms with van der Waals surface area (Å²) < 4.78 is 27.3. The normalized spacial score (nSPS) is 16.8. The number of likely N-dealkylation sites (N-methyl/N-ethyl adjacent to an activating group) is 1. The summed E-state index contributed by atoms with van der Waals surface area (Å²) in [5.41, 5.74) is 3.39. The lowest BCUT2D eigenvalue weighted by molar-refractivity contribution is -0.127. The van der Waals surface area contributed by atoms with Gasteiger partial charge in [0.05, 0.1) is 5.57 Å². The Kier molecular flexibility index (Phi) is 14.0. The molecule has 1 aromatic rings. The van der Waals surface area contributed by atoms with Gasteiger partial charge >= 0.3 is 0 Å². The van der Waals surface area contributed by atoms with Crippen LogP contribution in [0, 0.1) is 23.5 Å². The van der Waals surface area contributed by atoms with Gasteiger partial charge < -0.3 is 19.9 Å². The molecule has 0 bridgehead atoms. The quantitative estimate of drug-likeness (QED) is 0.393. The molecule has 2 heterocycles. The molecule has 2 atom stereocenters. The van der Waals surface area contributed by atoms with Crippen molar-refractivity contribution in [2.24, 2.45) is 11.8 Å². The molecule has 0 aromatic heterocycles. The topological polar surface area (TPSA) is 69.7 Å². The standard InChI is InChI=1S/C26H33F2N3O2.C4H8O.C2H6/c1-7-15(3)21-17(5)22(25(32)29-14-18-9-10-19(27)13-20(18)28)23-16(4)11-12-31(23)24(21)26(33)30(6)8-2;1-3-4(2)5;1-2/h9-10,13,15-16H,5,7-8,11-12,14H2,1-4,6H3,(H,29,32);3H2,1-2H3;1-2H3. The van der Waals surface area contributed by atoms with E-state index in [1.807, 2.05) is 53.4 Å². The Morgan fingerprint density at radius 1 is 1.18 bits per heavy atom. The molecular formula is C32H47F2N3O3. The minimum Gasteiger partial charge on any atom is -0.348 e. The number of rotatable bonds is 8. The number of carbonyl (C=O) groups is 3. The third kappa shape index (κ3) is 8.12. The van der Waals surface area contributed by atoms with Crippen LogP contribution in [-0.2, 0) is 20.9 Å². The Morgan fingerprint density at radius 3 is 2.27 bits per heavy atom. The highest BCUT2D eigenvalue weighted by atomic mass is 19.1. The van der Waals surface area contributed by atoms with Gasteiger partial charge in [-0.2, -0.15) is 0 Å². The Hall–Kier alpha value is -3.29. The SMILES string of the molecule is C=C1C(C(=O)NCc2ccc(F)cc2F)=C2C(C)CCN2C(C(=O)N(C)CC)=C1C(C)CC.CC.CCC(C)=O. The summed E-state index contributed by atoms with van der Waals surface area (Å²) in [6.45, 7) is 20.9. The third-order valence-corrected chi connectivity index (χ3v) is 7.26. The lowest BCUT2D eigenvalue weighted by atomic mass is 9.81. The van der Waals surface area contributed by atoms with Crippen LogP contribution in [0.5, 0.6) is 0 Å². The average Bonchev–Trinajstić information content (AvgIpc) is 3.32. The third-order valence-electron chi connectivity index (χ3n) is 7.26. The second kappa shape index (κ2) is 16.1. The molecule has 0 aliphatic carbocycles. The number of amides is 2. The van der Waals surface area contributed by atoms with E-state index < -0.39 is 11.6 Å². The van der Waals surface area contributed by atoms with Crippen molar-refractivity contribution < 1.29 is 23.2 Å². The molecule has 1 aromatic carbocycles. The first-order chi connectivity index (χ1) is 18.9. The number of carbonyl (C=O) groups excluding carboxylic acids is 3. The van der Waals surface area contributed by atoms with Crippen LogP contribution in [0.1, 0.15) is 80.2 Å². The number of nitrogens with one attached hydrogen (secondary N) is 1.